The van der Waals surface area contributed by atoms with Gasteiger partial charge >= 0.3 is 0 Å². The van der Waals surface area contributed by atoms with Crippen LogP contribution in [0.5, 0.6) is 5.75 Å². The average Bonchev–Trinajstić information content (AvgIpc) is 2.41. The van der Waals surface area contributed by atoms with Crippen LogP contribution in [0.4, 0.5) is 5.69 Å². The lowest BCUT2D eigenvalue weighted by molar-refractivity contribution is 0.412. The van der Waals surface area contributed by atoms with Crippen LogP contribution in [0, 0.1) is 0 Å². The molecular formula is C14H13BrClNO2S. The molecule has 0 heterocycles. The fourth-order valence-electron chi connectivity index (χ4n) is 1.72. The fourth-order valence-corrected chi connectivity index (χ4v) is 3.88. The summed E-state index contributed by atoms with van der Waals surface area (Å²) in [5.41, 5.74) is 7.18. The van der Waals surface area contributed by atoms with Gasteiger partial charge in [0, 0.05) is 5.69 Å². The standard InChI is InChI=1S/C14H13BrClNO2S/c1-19-13-5-2-9(6-11(13)15)8-20(18)14-7-10(17)3-4-12(14)16/h2-7H,8,17H2,1H3. The maximum absolute atomic E-state index is 12.4. The molecule has 1 unspecified atom stereocenters. The van der Waals surface area contributed by atoms with Crippen LogP contribution in [0.1, 0.15) is 5.56 Å². The second kappa shape index (κ2) is 6.61. The van der Waals surface area contributed by atoms with Gasteiger partial charge in [-0.25, -0.2) is 0 Å². The lowest BCUT2D eigenvalue weighted by Crippen LogP contribution is -1.99. The minimum absolute atomic E-state index is 0.367. The summed E-state index contributed by atoms with van der Waals surface area (Å²) in [6, 6.07) is 10.6. The third-order valence-corrected chi connectivity index (χ3v) is 5.20. The van der Waals surface area contributed by atoms with Crippen molar-refractivity contribution in [1.82, 2.24) is 0 Å². The molecule has 0 fully saturated rings. The molecule has 2 N–H and O–H groups in total. The van der Waals surface area contributed by atoms with E-state index in [1.54, 1.807) is 25.3 Å². The number of methoxy groups -OCH3 is 1. The lowest BCUT2D eigenvalue weighted by Gasteiger charge is -2.08. The second-order valence-corrected chi connectivity index (χ2v) is 6.83. The van der Waals surface area contributed by atoms with Crippen LogP contribution in [0.3, 0.4) is 0 Å². The highest BCUT2D eigenvalue weighted by Gasteiger charge is 2.11. The Labute approximate surface area is 133 Å². The van der Waals surface area contributed by atoms with Crippen LogP contribution in [-0.4, -0.2) is 11.3 Å². The molecule has 20 heavy (non-hydrogen) atoms. The highest BCUT2D eigenvalue weighted by atomic mass is 79.9. The van der Waals surface area contributed by atoms with Crippen LogP contribution in [0.2, 0.25) is 5.02 Å². The van der Waals surface area contributed by atoms with E-state index in [1.807, 2.05) is 18.2 Å². The number of halogens is 2. The number of hydrogen-bond donors (Lipinski definition) is 1. The summed E-state index contributed by atoms with van der Waals surface area (Å²) >= 11 is 9.47. The Bertz CT molecular complexity index is 664. The first kappa shape index (κ1) is 15.4. The molecule has 2 aromatic carbocycles. The highest BCUT2D eigenvalue weighted by molar-refractivity contribution is 9.10. The van der Waals surface area contributed by atoms with E-state index >= 15 is 0 Å². The number of nitrogens with two attached hydrogens (primary N) is 1. The SMILES string of the molecule is COc1ccc(CS(=O)c2cc(N)ccc2Cl)cc1Br. The summed E-state index contributed by atoms with van der Waals surface area (Å²) in [7, 11) is 0.355. The van der Waals surface area contributed by atoms with E-state index in [0.29, 0.717) is 21.4 Å². The van der Waals surface area contributed by atoms with E-state index in [4.69, 9.17) is 22.1 Å². The Balaban J connectivity index is 2.23. The molecule has 106 valence electrons. The molecule has 0 saturated heterocycles. The van der Waals surface area contributed by atoms with Gasteiger partial charge in [0.25, 0.3) is 0 Å². The van der Waals surface area contributed by atoms with E-state index in [-0.39, 0.29) is 0 Å². The van der Waals surface area contributed by atoms with Gasteiger partial charge < -0.3 is 10.5 Å². The van der Waals surface area contributed by atoms with Crippen LogP contribution < -0.4 is 10.5 Å². The number of hydrogen-bond acceptors (Lipinski definition) is 3. The molecule has 0 radical (unpaired) electrons. The minimum Gasteiger partial charge on any atom is -0.496 e. The Morgan fingerprint density at radius 3 is 2.70 bits per heavy atom. The smallest absolute Gasteiger partial charge is 0.133 e. The quantitative estimate of drug-likeness (QED) is 0.823. The molecule has 6 heteroatoms. The molecule has 2 aromatic rings. The molecule has 3 nitrogen and oxygen atoms in total. The summed E-state index contributed by atoms with van der Waals surface area (Å²) in [6.07, 6.45) is 0. The molecule has 0 saturated carbocycles. The zero-order valence-corrected chi connectivity index (χ0v) is 13.9. The number of benzene rings is 2. The third-order valence-electron chi connectivity index (χ3n) is 2.71. The largest absolute Gasteiger partial charge is 0.496 e. The fraction of sp³-hybridized carbons (Fsp3) is 0.143. The highest BCUT2D eigenvalue weighted by Crippen LogP contribution is 2.28. The zero-order chi connectivity index (χ0) is 14.7. The van der Waals surface area contributed by atoms with Crippen molar-refractivity contribution < 1.29 is 8.95 Å². The average molecular weight is 375 g/mol. The van der Waals surface area contributed by atoms with Crippen LogP contribution in [0.25, 0.3) is 0 Å². The molecule has 0 aliphatic rings. The summed E-state index contributed by atoms with van der Waals surface area (Å²) in [6.45, 7) is 0. The monoisotopic (exact) mass is 373 g/mol. The number of rotatable bonds is 4. The molecule has 2 rings (SSSR count). The van der Waals surface area contributed by atoms with Gasteiger partial charge in [-0.3, -0.25) is 4.21 Å². The molecule has 1 atom stereocenters. The van der Waals surface area contributed by atoms with Gasteiger partial charge in [0.15, 0.2) is 0 Å². The summed E-state index contributed by atoms with van der Waals surface area (Å²) in [5, 5.41) is 0.463. The van der Waals surface area contributed by atoms with Crippen molar-refractivity contribution in [2.24, 2.45) is 0 Å². The Kier molecular flexibility index (Phi) is 5.07. The van der Waals surface area contributed by atoms with Gasteiger partial charge in [-0.1, -0.05) is 17.7 Å². The summed E-state index contributed by atoms with van der Waals surface area (Å²) < 4.78 is 18.4. The van der Waals surface area contributed by atoms with Gasteiger partial charge in [-0.2, -0.15) is 0 Å². The van der Waals surface area contributed by atoms with Gasteiger partial charge in [-0.15, -0.1) is 0 Å². The van der Waals surface area contributed by atoms with E-state index in [1.165, 1.54) is 0 Å². The number of anilines is 1. The minimum atomic E-state index is -1.25. The van der Waals surface area contributed by atoms with E-state index in [0.717, 1.165) is 15.8 Å². The molecule has 0 aliphatic heterocycles. The molecule has 0 amide bonds. The van der Waals surface area contributed by atoms with Crippen LogP contribution >= 0.6 is 27.5 Å². The molecule has 0 bridgehead atoms. The van der Waals surface area contributed by atoms with Gasteiger partial charge in [0.2, 0.25) is 0 Å². The summed E-state index contributed by atoms with van der Waals surface area (Å²) in [5.74, 6) is 1.10. The second-order valence-electron chi connectivity index (χ2n) is 4.15. The maximum Gasteiger partial charge on any atom is 0.133 e. The molecule has 0 aliphatic carbocycles. The van der Waals surface area contributed by atoms with Crippen LogP contribution in [-0.2, 0) is 16.6 Å². The Hall–Kier alpha value is -1.04. The molecule has 0 aromatic heterocycles. The predicted molar refractivity (Wildman–Crippen MR) is 86.7 cm³/mol. The van der Waals surface area contributed by atoms with E-state index < -0.39 is 10.8 Å². The predicted octanol–water partition coefficient (Wildman–Crippen LogP) is 4.00. The number of nitrogen functional groups attached to an aromatic ring is 1. The number of ether oxygens (including phenoxy) is 1. The Morgan fingerprint density at radius 1 is 1.30 bits per heavy atom. The van der Waals surface area contributed by atoms with Crippen molar-refractivity contribution >= 4 is 44.0 Å². The van der Waals surface area contributed by atoms with Crippen molar-refractivity contribution in [3.63, 3.8) is 0 Å². The first-order chi connectivity index (χ1) is 9.51. The van der Waals surface area contributed by atoms with Crippen LogP contribution in [0.15, 0.2) is 45.8 Å². The first-order valence-electron chi connectivity index (χ1n) is 5.77. The molecular weight excluding hydrogens is 362 g/mol. The Morgan fingerprint density at radius 2 is 2.05 bits per heavy atom. The van der Waals surface area contributed by atoms with Crippen molar-refractivity contribution in [3.8, 4) is 5.75 Å². The maximum atomic E-state index is 12.4. The van der Waals surface area contributed by atoms with Crippen molar-refractivity contribution in [2.75, 3.05) is 12.8 Å². The third kappa shape index (κ3) is 3.53. The zero-order valence-electron chi connectivity index (χ0n) is 10.7. The van der Waals surface area contributed by atoms with Gasteiger partial charge in [0.05, 0.1) is 38.1 Å². The van der Waals surface area contributed by atoms with Crippen molar-refractivity contribution in [1.29, 1.82) is 0 Å². The van der Waals surface area contributed by atoms with Gasteiger partial charge in [0.1, 0.15) is 5.75 Å². The van der Waals surface area contributed by atoms with E-state index in [2.05, 4.69) is 15.9 Å². The molecule has 0 spiro atoms. The lowest BCUT2D eigenvalue weighted by atomic mass is 10.2. The topological polar surface area (TPSA) is 52.3 Å². The van der Waals surface area contributed by atoms with Crippen molar-refractivity contribution in [2.45, 2.75) is 10.6 Å². The van der Waals surface area contributed by atoms with E-state index in [9.17, 15) is 4.21 Å². The van der Waals surface area contributed by atoms with Gasteiger partial charge in [-0.05, 0) is 51.8 Å². The van der Waals surface area contributed by atoms with Crippen molar-refractivity contribution in [3.05, 3.63) is 51.5 Å². The normalized spacial score (nSPS) is 12.2. The first-order valence-corrected chi connectivity index (χ1v) is 8.26. The summed E-state index contributed by atoms with van der Waals surface area (Å²) in [4.78, 5) is 0.554.